The fourth-order valence-electron chi connectivity index (χ4n) is 3.01. The van der Waals surface area contributed by atoms with Crippen molar-refractivity contribution in [3.05, 3.63) is 88.4 Å². The average molecular weight is 456 g/mol. The van der Waals surface area contributed by atoms with Gasteiger partial charge in [-0.1, -0.05) is 71.4 Å². The predicted octanol–water partition coefficient (Wildman–Crippen LogP) is 7.36. The summed E-state index contributed by atoms with van der Waals surface area (Å²) in [5, 5.41) is 10.8. The van der Waals surface area contributed by atoms with Crippen molar-refractivity contribution in [1.29, 1.82) is 0 Å². The smallest absolute Gasteiger partial charge is 0.191 e. The molecule has 0 N–H and O–H groups in total. The van der Waals surface area contributed by atoms with Crippen molar-refractivity contribution in [2.45, 2.75) is 24.4 Å². The van der Waals surface area contributed by atoms with E-state index in [9.17, 15) is 0 Å². The minimum atomic E-state index is 0.555. The summed E-state index contributed by atoms with van der Waals surface area (Å²) in [5.74, 6) is 3.02. The minimum absolute atomic E-state index is 0.555. The van der Waals surface area contributed by atoms with Gasteiger partial charge in [-0.15, -0.1) is 10.2 Å². The Bertz CT molecular complexity index is 1150. The molecule has 0 bridgehead atoms. The van der Waals surface area contributed by atoms with Gasteiger partial charge >= 0.3 is 0 Å². The van der Waals surface area contributed by atoms with Crippen LogP contribution in [0.25, 0.3) is 11.4 Å². The van der Waals surface area contributed by atoms with E-state index in [1.54, 1.807) is 11.8 Å². The first-order valence-corrected chi connectivity index (χ1v) is 11.2. The third-order valence-electron chi connectivity index (χ3n) is 4.48. The number of hydrogen-bond acceptors (Lipinski definition) is 4. The Hall–Kier alpha value is -2.47. The van der Waals surface area contributed by atoms with E-state index in [0.717, 1.165) is 45.9 Å². The SMILES string of the molecule is CCn1c(SCc2ccc(Cl)c(Cl)c2)nnc1-c1ccccc1Oc1ccccc1. The summed E-state index contributed by atoms with van der Waals surface area (Å²) < 4.78 is 8.20. The molecular weight excluding hydrogens is 437 g/mol. The maximum absolute atomic E-state index is 6.13. The van der Waals surface area contributed by atoms with E-state index in [1.807, 2.05) is 72.8 Å². The van der Waals surface area contributed by atoms with E-state index >= 15 is 0 Å². The highest BCUT2D eigenvalue weighted by Crippen LogP contribution is 2.34. The first-order chi connectivity index (χ1) is 14.7. The Kier molecular flexibility index (Phi) is 6.62. The number of thioether (sulfide) groups is 1. The molecule has 3 aromatic carbocycles. The van der Waals surface area contributed by atoms with E-state index in [-0.39, 0.29) is 0 Å². The minimum Gasteiger partial charge on any atom is -0.457 e. The van der Waals surface area contributed by atoms with Gasteiger partial charge in [-0.3, -0.25) is 0 Å². The van der Waals surface area contributed by atoms with Gasteiger partial charge in [0.05, 0.1) is 15.6 Å². The largest absolute Gasteiger partial charge is 0.457 e. The highest BCUT2D eigenvalue weighted by Gasteiger charge is 2.17. The van der Waals surface area contributed by atoms with Crippen LogP contribution in [0.5, 0.6) is 11.5 Å². The van der Waals surface area contributed by atoms with Crippen LogP contribution in [0.15, 0.2) is 78.0 Å². The molecule has 0 saturated carbocycles. The van der Waals surface area contributed by atoms with Gasteiger partial charge in [0, 0.05) is 12.3 Å². The molecule has 30 heavy (non-hydrogen) atoms. The van der Waals surface area contributed by atoms with Crippen molar-refractivity contribution in [3.8, 4) is 22.9 Å². The first kappa shape index (κ1) is 20.8. The average Bonchev–Trinajstić information content (AvgIpc) is 3.18. The Labute approximate surface area is 189 Å². The molecule has 0 spiro atoms. The molecule has 0 aliphatic carbocycles. The number of nitrogens with zero attached hydrogens (tertiary/aromatic N) is 3. The van der Waals surface area contributed by atoms with Crippen LogP contribution in [-0.2, 0) is 12.3 Å². The molecule has 1 aromatic heterocycles. The maximum atomic E-state index is 6.13. The van der Waals surface area contributed by atoms with Gasteiger partial charge in [0.2, 0.25) is 0 Å². The zero-order valence-electron chi connectivity index (χ0n) is 16.3. The first-order valence-electron chi connectivity index (χ1n) is 9.48. The lowest BCUT2D eigenvalue weighted by molar-refractivity contribution is 0.483. The highest BCUT2D eigenvalue weighted by molar-refractivity contribution is 7.98. The predicted molar refractivity (Wildman–Crippen MR) is 124 cm³/mol. The van der Waals surface area contributed by atoms with Crippen LogP contribution in [0.4, 0.5) is 0 Å². The highest BCUT2D eigenvalue weighted by atomic mass is 35.5. The van der Waals surface area contributed by atoms with Crippen molar-refractivity contribution in [2.24, 2.45) is 0 Å². The molecule has 4 aromatic rings. The van der Waals surface area contributed by atoms with Gasteiger partial charge in [-0.05, 0) is 48.9 Å². The summed E-state index contributed by atoms with van der Waals surface area (Å²) in [5.41, 5.74) is 1.98. The van der Waals surface area contributed by atoms with Crippen molar-refractivity contribution >= 4 is 35.0 Å². The number of aromatic nitrogens is 3. The van der Waals surface area contributed by atoms with Gasteiger partial charge in [0.15, 0.2) is 11.0 Å². The van der Waals surface area contributed by atoms with Crippen LogP contribution in [0.1, 0.15) is 12.5 Å². The molecular formula is C23H19Cl2N3OS. The lowest BCUT2D eigenvalue weighted by Crippen LogP contribution is -2.01. The molecule has 152 valence electrons. The van der Waals surface area contributed by atoms with E-state index in [1.165, 1.54) is 0 Å². The summed E-state index contributed by atoms with van der Waals surface area (Å²) in [7, 11) is 0. The lowest BCUT2D eigenvalue weighted by atomic mass is 10.2. The normalized spacial score (nSPS) is 10.9. The van der Waals surface area contributed by atoms with Crippen LogP contribution in [0, 0.1) is 0 Å². The molecule has 0 aliphatic heterocycles. The molecule has 4 rings (SSSR count). The van der Waals surface area contributed by atoms with Gasteiger partial charge in [0.25, 0.3) is 0 Å². The van der Waals surface area contributed by atoms with Crippen molar-refractivity contribution < 1.29 is 4.74 Å². The molecule has 0 radical (unpaired) electrons. The third kappa shape index (κ3) is 4.64. The molecule has 0 unspecified atom stereocenters. The number of benzene rings is 3. The number of rotatable bonds is 7. The number of ether oxygens (including phenoxy) is 1. The number of hydrogen-bond donors (Lipinski definition) is 0. The summed E-state index contributed by atoms with van der Waals surface area (Å²) in [6.07, 6.45) is 0. The standard InChI is InChI=1S/C23H19Cl2N3OS/c1-2-28-22(18-10-6-7-11-21(18)29-17-8-4-3-5-9-17)26-27-23(28)30-15-16-12-13-19(24)20(25)14-16/h3-14H,2,15H2,1H3. The molecule has 0 atom stereocenters. The van der Waals surface area contributed by atoms with E-state index in [4.69, 9.17) is 27.9 Å². The fourth-order valence-corrected chi connectivity index (χ4v) is 4.28. The van der Waals surface area contributed by atoms with Crippen molar-refractivity contribution in [3.63, 3.8) is 0 Å². The molecule has 1 heterocycles. The number of halogens is 2. The Morgan fingerprint density at radius 2 is 1.67 bits per heavy atom. The molecule has 0 saturated heterocycles. The van der Waals surface area contributed by atoms with Crippen LogP contribution in [-0.4, -0.2) is 14.8 Å². The van der Waals surface area contributed by atoms with Gasteiger partial charge in [-0.2, -0.15) is 0 Å². The summed E-state index contributed by atoms with van der Waals surface area (Å²) in [6, 6.07) is 23.3. The van der Waals surface area contributed by atoms with Gasteiger partial charge in [-0.25, -0.2) is 0 Å². The second kappa shape index (κ2) is 9.56. The van der Waals surface area contributed by atoms with Crippen LogP contribution >= 0.6 is 35.0 Å². The summed E-state index contributed by atoms with van der Waals surface area (Å²) in [4.78, 5) is 0. The Morgan fingerprint density at radius 1 is 0.900 bits per heavy atom. The topological polar surface area (TPSA) is 39.9 Å². The molecule has 0 amide bonds. The molecule has 0 aliphatic rings. The molecule has 0 fully saturated rings. The van der Waals surface area contributed by atoms with E-state index in [0.29, 0.717) is 10.0 Å². The summed E-state index contributed by atoms with van der Waals surface area (Å²) in [6.45, 7) is 2.82. The zero-order chi connectivity index (χ0) is 20.9. The van der Waals surface area contributed by atoms with E-state index < -0.39 is 0 Å². The zero-order valence-corrected chi connectivity index (χ0v) is 18.6. The van der Waals surface area contributed by atoms with E-state index in [2.05, 4.69) is 21.7 Å². The van der Waals surface area contributed by atoms with Crippen LogP contribution in [0.2, 0.25) is 10.0 Å². The fraction of sp³-hybridized carbons (Fsp3) is 0.130. The molecule has 7 heteroatoms. The maximum Gasteiger partial charge on any atom is 0.191 e. The van der Waals surface area contributed by atoms with Crippen molar-refractivity contribution in [2.75, 3.05) is 0 Å². The van der Waals surface area contributed by atoms with Gasteiger partial charge < -0.3 is 9.30 Å². The Balaban J connectivity index is 1.60. The monoisotopic (exact) mass is 455 g/mol. The lowest BCUT2D eigenvalue weighted by Gasteiger charge is -2.12. The third-order valence-corrected chi connectivity index (χ3v) is 6.26. The van der Waals surface area contributed by atoms with Crippen LogP contribution < -0.4 is 4.74 Å². The molecule has 4 nitrogen and oxygen atoms in total. The van der Waals surface area contributed by atoms with Crippen molar-refractivity contribution in [1.82, 2.24) is 14.8 Å². The summed E-state index contributed by atoms with van der Waals surface area (Å²) >= 11 is 13.8. The van der Waals surface area contributed by atoms with Gasteiger partial charge in [0.1, 0.15) is 11.5 Å². The van der Waals surface area contributed by atoms with Crippen LogP contribution in [0.3, 0.4) is 0 Å². The second-order valence-electron chi connectivity index (χ2n) is 6.50. The second-order valence-corrected chi connectivity index (χ2v) is 8.26. The Morgan fingerprint density at radius 3 is 2.43 bits per heavy atom. The quantitative estimate of drug-likeness (QED) is 0.273. The number of para-hydroxylation sites is 2.